The van der Waals surface area contributed by atoms with Crippen molar-refractivity contribution in [2.75, 3.05) is 29.9 Å². The lowest BCUT2D eigenvalue weighted by Crippen LogP contribution is -2.35. The normalized spacial score (nSPS) is 17.0. The molecule has 0 bridgehead atoms. The average Bonchev–Trinajstić information content (AvgIpc) is 3.03. The number of likely N-dealkylation sites (N-methyl/N-ethyl adjacent to an activating group) is 1. The van der Waals surface area contributed by atoms with Crippen molar-refractivity contribution in [3.63, 3.8) is 0 Å². The number of rotatable bonds is 3. The van der Waals surface area contributed by atoms with Crippen molar-refractivity contribution in [1.82, 2.24) is 9.97 Å². The van der Waals surface area contributed by atoms with Crippen molar-refractivity contribution in [2.45, 2.75) is 19.4 Å². The molecule has 2 aromatic rings. The van der Waals surface area contributed by atoms with E-state index < -0.39 is 5.82 Å². The van der Waals surface area contributed by atoms with Crippen LogP contribution in [0.1, 0.15) is 17.7 Å². The highest BCUT2D eigenvalue weighted by Gasteiger charge is 2.29. The van der Waals surface area contributed by atoms with Gasteiger partial charge in [0, 0.05) is 42.4 Å². The Bertz CT molecular complexity index is 804. The third kappa shape index (κ3) is 3.20. The molecule has 1 aromatic heterocycles. The fourth-order valence-corrected chi connectivity index (χ4v) is 3.44. The quantitative estimate of drug-likeness (QED) is 0.805. The van der Waals surface area contributed by atoms with Crippen LogP contribution in [0, 0.1) is 24.1 Å². The van der Waals surface area contributed by atoms with Crippen LogP contribution in [0.5, 0.6) is 0 Å². The van der Waals surface area contributed by atoms with Crippen LogP contribution in [0.2, 0.25) is 0 Å². The van der Waals surface area contributed by atoms with E-state index in [2.05, 4.69) is 35.7 Å². The minimum absolute atomic E-state index is 0.0967. The smallest absolute Gasteiger partial charge is 0.144 e. The third-order valence-corrected chi connectivity index (χ3v) is 4.81. The Hall–Kier alpha value is -2.20. The number of anilines is 2. The zero-order chi connectivity index (χ0) is 17.3. The maximum Gasteiger partial charge on any atom is 0.144 e. The molecule has 0 radical (unpaired) electrons. The van der Waals surface area contributed by atoms with Crippen molar-refractivity contribution >= 4 is 27.4 Å². The second-order valence-corrected chi connectivity index (χ2v) is 6.83. The Balaban J connectivity index is 1.82. The number of nitriles is 1. The van der Waals surface area contributed by atoms with Gasteiger partial charge in [-0.3, -0.25) is 0 Å². The highest BCUT2D eigenvalue weighted by molar-refractivity contribution is 9.10. The number of aromatic nitrogens is 2. The Kier molecular flexibility index (Phi) is 4.67. The number of hydrogen-bond donors (Lipinski definition) is 0. The summed E-state index contributed by atoms with van der Waals surface area (Å²) < 4.78 is 14.7. The summed E-state index contributed by atoms with van der Waals surface area (Å²) in [6.45, 7) is 3.41. The van der Waals surface area contributed by atoms with Gasteiger partial charge in [-0.25, -0.2) is 14.4 Å². The molecule has 1 fully saturated rings. The van der Waals surface area contributed by atoms with Crippen molar-refractivity contribution < 1.29 is 4.39 Å². The monoisotopic (exact) mass is 389 g/mol. The second-order valence-electron chi connectivity index (χ2n) is 5.91. The summed E-state index contributed by atoms with van der Waals surface area (Å²) in [4.78, 5) is 12.6. The fraction of sp³-hybridized carbons (Fsp3) is 0.353. The van der Waals surface area contributed by atoms with Gasteiger partial charge >= 0.3 is 0 Å². The van der Waals surface area contributed by atoms with Gasteiger partial charge in [0.15, 0.2) is 0 Å². The first-order chi connectivity index (χ1) is 11.5. The highest BCUT2D eigenvalue weighted by atomic mass is 79.9. The Morgan fingerprint density at radius 1 is 1.38 bits per heavy atom. The van der Waals surface area contributed by atoms with Crippen LogP contribution >= 0.6 is 15.9 Å². The molecular weight excluding hydrogens is 373 g/mol. The van der Waals surface area contributed by atoms with Gasteiger partial charge in [0.1, 0.15) is 29.6 Å². The summed E-state index contributed by atoms with van der Waals surface area (Å²) in [5.74, 6) is 0.375. The molecule has 1 unspecified atom stereocenters. The van der Waals surface area contributed by atoms with Crippen molar-refractivity contribution in [1.29, 1.82) is 5.26 Å². The molecule has 7 heteroatoms. The molecule has 24 heavy (non-hydrogen) atoms. The van der Waals surface area contributed by atoms with Crippen molar-refractivity contribution in [3.8, 4) is 6.07 Å². The first-order valence-corrected chi connectivity index (χ1v) is 8.44. The van der Waals surface area contributed by atoms with E-state index in [0.29, 0.717) is 16.7 Å². The molecular formula is C17H17BrFN5. The van der Waals surface area contributed by atoms with Crippen LogP contribution in [-0.2, 0) is 0 Å². The SMILES string of the molecule is Cc1cc(N(C)C2CCN(c3cc(Br)cc(F)c3C#N)C2)ncn1. The van der Waals surface area contributed by atoms with Crippen LogP contribution in [-0.4, -0.2) is 36.1 Å². The Labute approximate surface area is 148 Å². The summed E-state index contributed by atoms with van der Waals surface area (Å²) in [7, 11) is 2.00. The minimum Gasteiger partial charge on any atom is -0.368 e. The molecule has 1 aliphatic heterocycles. The van der Waals surface area contributed by atoms with E-state index >= 15 is 0 Å². The molecule has 5 nitrogen and oxygen atoms in total. The van der Waals surface area contributed by atoms with Gasteiger partial charge in [0.25, 0.3) is 0 Å². The molecule has 1 aromatic carbocycles. The second kappa shape index (κ2) is 6.73. The Morgan fingerprint density at radius 2 is 2.17 bits per heavy atom. The van der Waals surface area contributed by atoms with Gasteiger partial charge in [-0.05, 0) is 25.5 Å². The van der Waals surface area contributed by atoms with Gasteiger partial charge in [0.2, 0.25) is 0 Å². The summed E-state index contributed by atoms with van der Waals surface area (Å²) in [5.41, 5.74) is 1.65. The van der Waals surface area contributed by atoms with E-state index in [1.807, 2.05) is 26.1 Å². The van der Waals surface area contributed by atoms with Crippen LogP contribution in [0.25, 0.3) is 0 Å². The highest BCUT2D eigenvalue weighted by Crippen LogP contribution is 2.31. The molecule has 1 atom stereocenters. The predicted octanol–water partition coefficient (Wildman–Crippen LogP) is 3.27. The first-order valence-electron chi connectivity index (χ1n) is 7.65. The van der Waals surface area contributed by atoms with Crippen LogP contribution in [0.3, 0.4) is 0 Å². The standard InChI is InChI=1S/C17H17BrFN5/c1-11-5-17(22-10-21-11)23(2)13-3-4-24(9-13)16-7-12(18)6-15(19)14(16)8-20/h5-7,10,13H,3-4,9H2,1-2H3. The topological polar surface area (TPSA) is 56.0 Å². The molecule has 124 valence electrons. The molecule has 1 saturated heterocycles. The van der Waals surface area contributed by atoms with E-state index in [1.54, 1.807) is 12.4 Å². The van der Waals surface area contributed by atoms with Gasteiger partial charge in [-0.2, -0.15) is 5.26 Å². The van der Waals surface area contributed by atoms with E-state index in [1.165, 1.54) is 6.07 Å². The summed E-state index contributed by atoms with van der Waals surface area (Å²) >= 11 is 3.31. The molecule has 0 spiro atoms. The van der Waals surface area contributed by atoms with E-state index in [9.17, 15) is 9.65 Å². The number of halogens is 2. The zero-order valence-corrected chi connectivity index (χ0v) is 15.1. The molecule has 0 aliphatic carbocycles. The molecule has 2 heterocycles. The van der Waals surface area contributed by atoms with Gasteiger partial charge in [-0.1, -0.05) is 15.9 Å². The summed E-state index contributed by atoms with van der Waals surface area (Å²) in [6.07, 6.45) is 2.48. The van der Waals surface area contributed by atoms with Crippen LogP contribution in [0.4, 0.5) is 15.9 Å². The minimum atomic E-state index is -0.495. The average molecular weight is 390 g/mol. The molecule has 0 amide bonds. The van der Waals surface area contributed by atoms with E-state index in [0.717, 1.165) is 24.5 Å². The lowest BCUT2D eigenvalue weighted by Gasteiger charge is -2.27. The third-order valence-electron chi connectivity index (χ3n) is 4.35. The van der Waals surface area contributed by atoms with E-state index in [4.69, 9.17) is 0 Å². The van der Waals surface area contributed by atoms with Gasteiger partial charge in [0.05, 0.1) is 5.69 Å². The molecule has 1 aliphatic rings. The van der Waals surface area contributed by atoms with Crippen molar-refractivity contribution in [3.05, 3.63) is 46.1 Å². The number of benzene rings is 1. The largest absolute Gasteiger partial charge is 0.368 e. The maximum atomic E-state index is 14.0. The van der Waals surface area contributed by atoms with Crippen LogP contribution in [0.15, 0.2) is 29.0 Å². The number of nitrogens with zero attached hydrogens (tertiary/aromatic N) is 5. The summed E-state index contributed by atoms with van der Waals surface area (Å²) in [5, 5.41) is 9.27. The predicted molar refractivity (Wildman–Crippen MR) is 94.6 cm³/mol. The lowest BCUT2D eigenvalue weighted by molar-refractivity contribution is 0.622. The van der Waals surface area contributed by atoms with Crippen LogP contribution < -0.4 is 9.80 Å². The Morgan fingerprint density at radius 3 is 2.88 bits per heavy atom. The van der Waals surface area contributed by atoms with E-state index in [-0.39, 0.29) is 11.6 Å². The maximum absolute atomic E-state index is 14.0. The summed E-state index contributed by atoms with van der Waals surface area (Å²) in [6, 6.07) is 7.30. The number of aryl methyl sites for hydroxylation is 1. The van der Waals surface area contributed by atoms with Crippen molar-refractivity contribution in [2.24, 2.45) is 0 Å². The molecule has 3 rings (SSSR count). The first kappa shape index (κ1) is 16.7. The number of hydrogen-bond acceptors (Lipinski definition) is 5. The zero-order valence-electron chi connectivity index (χ0n) is 13.5. The molecule has 0 N–H and O–H groups in total. The lowest BCUT2D eigenvalue weighted by atomic mass is 10.1. The fourth-order valence-electron chi connectivity index (χ4n) is 3.02. The molecule has 0 saturated carbocycles. The van der Waals surface area contributed by atoms with Gasteiger partial charge in [-0.15, -0.1) is 0 Å². The van der Waals surface area contributed by atoms with Gasteiger partial charge < -0.3 is 9.80 Å².